The van der Waals surface area contributed by atoms with E-state index in [0.29, 0.717) is 24.7 Å². The molecule has 0 aliphatic heterocycles. The van der Waals surface area contributed by atoms with E-state index in [1.165, 1.54) is 6.08 Å². The normalized spacial score (nSPS) is 10.7. The summed E-state index contributed by atoms with van der Waals surface area (Å²) in [6, 6.07) is 3.66. The van der Waals surface area contributed by atoms with E-state index < -0.39 is 0 Å². The molecule has 3 nitrogen and oxygen atoms in total. The second kappa shape index (κ2) is 8.23. The summed E-state index contributed by atoms with van der Waals surface area (Å²) in [5, 5.41) is 0. The maximum Gasteiger partial charge on any atom is 0.170 e. The number of hydrogen-bond donors (Lipinski definition) is 0. The molecule has 104 valence electrons. The van der Waals surface area contributed by atoms with Gasteiger partial charge in [-0.3, -0.25) is 4.79 Å². The highest BCUT2D eigenvalue weighted by Crippen LogP contribution is 2.34. The molecule has 0 aromatic heterocycles. The molecule has 1 rings (SSSR count). The van der Waals surface area contributed by atoms with E-state index in [0.717, 1.165) is 10.0 Å². The Hall–Kier alpha value is -1.00. The van der Waals surface area contributed by atoms with Crippen LogP contribution >= 0.6 is 27.5 Å². The van der Waals surface area contributed by atoms with E-state index in [1.54, 1.807) is 6.08 Å². The van der Waals surface area contributed by atoms with Crippen molar-refractivity contribution in [2.75, 3.05) is 19.1 Å². The lowest BCUT2D eigenvalue weighted by Gasteiger charge is -2.12. The number of allylic oxidation sites excluding steroid dienone is 1. The first-order chi connectivity index (χ1) is 9.12. The number of halogens is 2. The molecule has 0 amide bonds. The molecule has 0 saturated carbocycles. The Bertz CT molecular complexity index is 472. The summed E-state index contributed by atoms with van der Waals surface area (Å²) < 4.78 is 11.9. The molecule has 0 atom stereocenters. The van der Waals surface area contributed by atoms with Gasteiger partial charge in [0.05, 0.1) is 19.1 Å². The van der Waals surface area contributed by atoms with Gasteiger partial charge in [-0.25, -0.2) is 0 Å². The van der Waals surface area contributed by atoms with Crippen LogP contribution in [0.25, 0.3) is 6.08 Å². The highest BCUT2D eigenvalue weighted by atomic mass is 79.9. The predicted molar refractivity (Wildman–Crippen MR) is 81.2 cm³/mol. The molecule has 0 N–H and O–H groups in total. The molecule has 0 bridgehead atoms. The van der Waals surface area contributed by atoms with Crippen LogP contribution in [0.3, 0.4) is 0 Å². The Labute approximate surface area is 126 Å². The van der Waals surface area contributed by atoms with Gasteiger partial charge in [-0.1, -0.05) is 22.0 Å². The van der Waals surface area contributed by atoms with Gasteiger partial charge in [0.15, 0.2) is 17.3 Å². The standard InChI is InChI=1S/C14H16BrClO3/c1-3-18-13-7-10(5-6-11(17)9-16)12(15)8-14(13)19-4-2/h5-8H,3-4,9H2,1-2H3. The lowest BCUT2D eigenvalue weighted by Crippen LogP contribution is -1.99. The molecular formula is C14H16BrClO3. The first-order valence-electron chi connectivity index (χ1n) is 5.98. The Morgan fingerprint density at radius 3 is 2.37 bits per heavy atom. The highest BCUT2D eigenvalue weighted by Gasteiger charge is 2.09. The predicted octanol–water partition coefficient (Wildman–Crippen LogP) is 4.07. The van der Waals surface area contributed by atoms with Gasteiger partial charge in [0.25, 0.3) is 0 Å². The number of rotatable bonds is 7. The Morgan fingerprint density at radius 2 is 1.84 bits per heavy atom. The van der Waals surface area contributed by atoms with Crippen LogP contribution in [0.15, 0.2) is 22.7 Å². The molecule has 0 saturated heterocycles. The summed E-state index contributed by atoms with van der Waals surface area (Å²) in [6.07, 6.45) is 3.15. The van der Waals surface area contributed by atoms with E-state index in [4.69, 9.17) is 21.1 Å². The van der Waals surface area contributed by atoms with E-state index in [-0.39, 0.29) is 11.7 Å². The number of alkyl halides is 1. The van der Waals surface area contributed by atoms with Crippen molar-refractivity contribution >= 4 is 39.4 Å². The number of ether oxygens (including phenoxy) is 2. The number of hydrogen-bond acceptors (Lipinski definition) is 3. The fourth-order valence-electron chi connectivity index (χ4n) is 1.44. The second-order valence-corrected chi connectivity index (χ2v) is 4.74. The zero-order chi connectivity index (χ0) is 14.3. The van der Waals surface area contributed by atoms with Crippen molar-refractivity contribution < 1.29 is 14.3 Å². The first kappa shape index (κ1) is 16.1. The largest absolute Gasteiger partial charge is 0.490 e. The van der Waals surface area contributed by atoms with Crippen molar-refractivity contribution in [1.82, 2.24) is 0 Å². The summed E-state index contributed by atoms with van der Waals surface area (Å²) in [7, 11) is 0. The maximum absolute atomic E-state index is 11.2. The van der Waals surface area contributed by atoms with E-state index in [1.807, 2.05) is 26.0 Å². The van der Waals surface area contributed by atoms with Crippen LogP contribution in [0.2, 0.25) is 0 Å². The van der Waals surface area contributed by atoms with Crippen molar-refractivity contribution in [1.29, 1.82) is 0 Å². The zero-order valence-corrected chi connectivity index (χ0v) is 13.3. The smallest absolute Gasteiger partial charge is 0.170 e. The minimum atomic E-state index is -0.139. The molecule has 0 aliphatic rings. The van der Waals surface area contributed by atoms with Crippen molar-refractivity contribution in [2.24, 2.45) is 0 Å². The Kier molecular flexibility index (Phi) is 6.95. The molecule has 0 fully saturated rings. The zero-order valence-electron chi connectivity index (χ0n) is 10.9. The van der Waals surface area contributed by atoms with Crippen LogP contribution in [0.5, 0.6) is 11.5 Å². The van der Waals surface area contributed by atoms with Gasteiger partial charge in [0.2, 0.25) is 0 Å². The van der Waals surface area contributed by atoms with Crippen LogP contribution < -0.4 is 9.47 Å². The SMILES string of the molecule is CCOc1cc(Br)c(C=CC(=O)CCl)cc1OCC. The topological polar surface area (TPSA) is 35.5 Å². The lowest BCUT2D eigenvalue weighted by molar-refractivity contribution is -0.112. The summed E-state index contributed by atoms with van der Waals surface area (Å²) in [5.41, 5.74) is 0.838. The Morgan fingerprint density at radius 1 is 1.26 bits per heavy atom. The summed E-state index contributed by atoms with van der Waals surface area (Å²) >= 11 is 8.89. The molecule has 0 heterocycles. The van der Waals surface area contributed by atoms with Crippen molar-refractivity contribution in [3.8, 4) is 11.5 Å². The van der Waals surface area contributed by atoms with E-state index in [2.05, 4.69) is 15.9 Å². The van der Waals surface area contributed by atoms with Crippen molar-refractivity contribution in [3.63, 3.8) is 0 Å². The third kappa shape index (κ3) is 4.88. The Balaban J connectivity index is 3.08. The molecule has 0 radical (unpaired) electrons. The van der Waals surface area contributed by atoms with Gasteiger partial charge in [0, 0.05) is 4.47 Å². The molecule has 0 unspecified atom stereocenters. The summed E-state index contributed by atoms with van der Waals surface area (Å²) in [6.45, 7) is 4.93. The number of carbonyl (C=O) groups excluding carboxylic acids is 1. The quantitative estimate of drug-likeness (QED) is 0.551. The lowest BCUT2D eigenvalue weighted by atomic mass is 10.1. The highest BCUT2D eigenvalue weighted by molar-refractivity contribution is 9.10. The van der Waals surface area contributed by atoms with E-state index >= 15 is 0 Å². The monoisotopic (exact) mass is 346 g/mol. The van der Waals surface area contributed by atoms with Crippen LogP contribution in [-0.4, -0.2) is 24.9 Å². The molecule has 1 aromatic rings. The van der Waals surface area contributed by atoms with Crippen molar-refractivity contribution in [3.05, 3.63) is 28.2 Å². The molecule has 19 heavy (non-hydrogen) atoms. The molecular weight excluding hydrogens is 332 g/mol. The molecule has 0 spiro atoms. The fourth-order valence-corrected chi connectivity index (χ4v) is 1.99. The molecule has 5 heteroatoms. The van der Waals surface area contributed by atoms with Gasteiger partial charge in [0.1, 0.15) is 0 Å². The second-order valence-electron chi connectivity index (χ2n) is 3.62. The molecule has 1 aromatic carbocycles. The van der Waals surface area contributed by atoms with Gasteiger partial charge < -0.3 is 9.47 Å². The molecule has 0 aliphatic carbocycles. The minimum absolute atomic E-state index is 0.0243. The van der Waals surface area contributed by atoms with Gasteiger partial charge in [-0.2, -0.15) is 0 Å². The van der Waals surface area contributed by atoms with Crippen molar-refractivity contribution in [2.45, 2.75) is 13.8 Å². The minimum Gasteiger partial charge on any atom is -0.490 e. The first-order valence-corrected chi connectivity index (χ1v) is 7.31. The fraction of sp³-hybridized carbons (Fsp3) is 0.357. The third-order valence-electron chi connectivity index (χ3n) is 2.24. The van der Waals surface area contributed by atoms with E-state index in [9.17, 15) is 4.79 Å². The summed E-state index contributed by atoms with van der Waals surface area (Å²) in [5.74, 6) is 1.17. The number of benzene rings is 1. The number of ketones is 1. The van der Waals surface area contributed by atoms with Gasteiger partial charge in [-0.05, 0) is 37.6 Å². The van der Waals surface area contributed by atoms with Crippen LogP contribution in [-0.2, 0) is 4.79 Å². The number of carbonyl (C=O) groups is 1. The van der Waals surface area contributed by atoms with Gasteiger partial charge >= 0.3 is 0 Å². The average molecular weight is 348 g/mol. The van der Waals surface area contributed by atoms with Crippen LogP contribution in [0, 0.1) is 0 Å². The maximum atomic E-state index is 11.2. The van der Waals surface area contributed by atoms with Crippen LogP contribution in [0.4, 0.5) is 0 Å². The third-order valence-corrected chi connectivity index (χ3v) is 3.19. The van der Waals surface area contributed by atoms with Gasteiger partial charge in [-0.15, -0.1) is 11.6 Å². The van der Waals surface area contributed by atoms with Crippen LogP contribution in [0.1, 0.15) is 19.4 Å². The summed E-state index contributed by atoms with van der Waals surface area (Å²) in [4.78, 5) is 11.2. The average Bonchev–Trinajstić information content (AvgIpc) is 2.40.